The molecular weight excluding hydrogens is 147 g/mol. The van der Waals surface area contributed by atoms with Gasteiger partial charge in [-0.2, -0.15) is 0 Å². The van der Waals surface area contributed by atoms with Gasteiger partial charge in [0.1, 0.15) is 0 Å². The van der Waals surface area contributed by atoms with Crippen LogP contribution in [-0.4, -0.2) is 12.8 Å². The molecule has 1 heterocycles. The van der Waals surface area contributed by atoms with Gasteiger partial charge < -0.3 is 4.98 Å². The summed E-state index contributed by atoms with van der Waals surface area (Å²) >= 11 is 0. The molecule has 0 amide bonds. The lowest BCUT2D eigenvalue weighted by Crippen LogP contribution is -1.61. The van der Waals surface area contributed by atoms with Crippen LogP contribution in [0.2, 0.25) is 0 Å². The number of nitrogens with one attached hydrogen (secondary N) is 1. The first kappa shape index (κ1) is 8.41. The predicted octanol–water partition coefficient (Wildman–Crippen LogP) is 1.80. The number of H-pyrrole nitrogens is 1. The second kappa shape index (κ2) is 4.25. The zero-order chi connectivity index (χ0) is 8.81. The van der Waals surface area contributed by atoms with Crippen LogP contribution in [0.1, 0.15) is 0 Å². The molecule has 0 spiro atoms. The van der Waals surface area contributed by atoms with E-state index in [2.05, 4.69) is 31.0 Å². The van der Waals surface area contributed by atoms with E-state index in [9.17, 15) is 0 Å². The summed E-state index contributed by atoms with van der Waals surface area (Å²) < 4.78 is 0. The van der Waals surface area contributed by atoms with Gasteiger partial charge in [0.2, 0.25) is 7.85 Å². The average Bonchev–Trinajstić information content (AvgIpc) is 2.52. The van der Waals surface area contributed by atoms with E-state index in [1.807, 2.05) is 18.3 Å². The van der Waals surface area contributed by atoms with Crippen molar-refractivity contribution >= 4 is 18.7 Å². The maximum atomic E-state index is 7.10. The fraction of sp³-hybridized carbons (Fsp3) is 0. The average molecular weight is 154 g/mol. The van der Waals surface area contributed by atoms with Crippen LogP contribution in [0.15, 0.2) is 36.5 Å². The first-order valence-corrected chi connectivity index (χ1v) is 3.50. The predicted molar refractivity (Wildman–Crippen MR) is 49.7 cm³/mol. The molecule has 2 nitrogen and oxygen atoms in total. The highest BCUT2D eigenvalue weighted by molar-refractivity contribution is 6.20. The molecule has 0 aliphatic rings. The number of nitrogens with zero attached hydrogens (tertiary/aromatic N) is 1. The molecule has 0 unspecified atom stereocenters. The van der Waals surface area contributed by atoms with Gasteiger partial charge in [-0.1, -0.05) is 18.2 Å². The van der Waals surface area contributed by atoms with Crippen LogP contribution in [0.25, 0.3) is 10.9 Å². The summed E-state index contributed by atoms with van der Waals surface area (Å²) in [6.07, 6.45) is 1.95. The Morgan fingerprint density at radius 3 is 2.58 bits per heavy atom. The monoisotopic (exact) mass is 154 g/mol. The number of fused-ring (bicyclic) bond motifs is 1. The second-order valence-corrected chi connectivity index (χ2v) is 2.19. The van der Waals surface area contributed by atoms with Gasteiger partial charge in [-0.25, -0.2) is 5.26 Å². The summed E-state index contributed by atoms with van der Waals surface area (Å²) in [5.41, 5.74) is 1.21. The normalized spacial score (nSPS) is 8.25. The molecule has 0 aliphatic carbocycles. The molecule has 0 bridgehead atoms. The molecule has 1 aromatic carbocycles. The minimum absolute atomic E-state index is 1.21. The van der Waals surface area contributed by atoms with Crippen molar-refractivity contribution < 1.29 is 0 Å². The molecule has 2 radical (unpaired) electrons. The largest absolute Gasteiger partial charge is 0.361 e. The summed E-state index contributed by atoms with van der Waals surface area (Å²) in [5, 5.41) is 8.37. The molecular formula is C9H7BN2. The van der Waals surface area contributed by atoms with Crippen LogP contribution in [0, 0.1) is 11.2 Å². The Hall–Kier alpha value is -1.69. The van der Waals surface area contributed by atoms with Crippen molar-refractivity contribution in [3.63, 3.8) is 0 Å². The standard InChI is InChI=1S/C8H7N.CBN/c1-2-4-8-7(3-1)5-6-9-8;2-1-3/h1-6,9H;. The summed E-state index contributed by atoms with van der Waals surface area (Å²) in [6.45, 7) is 0. The van der Waals surface area contributed by atoms with E-state index < -0.39 is 0 Å². The molecule has 1 N–H and O–H groups in total. The highest BCUT2D eigenvalue weighted by Gasteiger charge is 1.86. The van der Waals surface area contributed by atoms with Gasteiger partial charge >= 0.3 is 0 Å². The number of rotatable bonds is 0. The molecule has 2 rings (SSSR count). The van der Waals surface area contributed by atoms with Crippen molar-refractivity contribution in [2.45, 2.75) is 0 Å². The van der Waals surface area contributed by atoms with E-state index in [1.165, 1.54) is 16.9 Å². The highest BCUT2D eigenvalue weighted by Crippen LogP contribution is 2.09. The quantitative estimate of drug-likeness (QED) is 0.577. The lowest BCUT2D eigenvalue weighted by Gasteiger charge is -1.83. The van der Waals surface area contributed by atoms with Gasteiger partial charge in [-0.3, -0.25) is 0 Å². The van der Waals surface area contributed by atoms with E-state index >= 15 is 0 Å². The lowest BCUT2D eigenvalue weighted by atomic mass is 10.2. The summed E-state index contributed by atoms with van der Waals surface area (Å²) in [4.78, 5) is 3.12. The number of aromatic amines is 1. The summed E-state index contributed by atoms with van der Waals surface area (Å²) in [7, 11) is 4.15. The Morgan fingerprint density at radius 2 is 1.92 bits per heavy atom. The number of hydrogen-bond acceptors (Lipinski definition) is 1. The van der Waals surface area contributed by atoms with Crippen molar-refractivity contribution in [3.05, 3.63) is 36.5 Å². The molecule has 12 heavy (non-hydrogen) atoms. The maximum absolute atomic E-state index is 7.10. The van der Waals surface area contributed by atoms with Gasteiger partial charge in [0.25, 0.3) is 0 Å². The maximum Gasteiger partial charge on any atom is 0.229 e. The van der Waals surface area contributed by atoms with E-state index in [1.54, 1.807) is 0 Å². The van der Waals surface area contributed by atoms with Gasteiger partial charge in [-0.15, -0.1) is 0 Å². The van der Waals surface area contributed by atoms with Crippen LogP contribution >= 0.6 is 0 Å². The molecule has 0 aliphatic heterocycles. The van der Waals surface area contributed by atoms with Crippen LogP contribution < -0.4 is 0 Å². The minimum atomic E-state index is 1.21. The van der Waals surface area contributed by atoms with E-state index in [0.29, 0.717) is 0 Å². The fourth-order valence-electron chi connectivity index (χ4n) is 0.995. The summed E-state index contributed by atoms with van der Waals surface area (Å²) in [5.74, 6) is 1.25. The third-order valence-electron chi connectivity index (χ3n) is 1.46. The van der Waals surface area contributed by atoms with Crippen molar-refractivity contribution in [2.75, 3.05) is 0 Å². The molecule has 0 fully saturated rings. The Labute approximate surface area is 72.2 Å². The minimum Gasteiger partial charge on any atom is -0.361 e. The van der Waals surface area contributed by atoms with E-state index in [0.717, 1.165) is 0 Å². The zero-order valence-electron chi connectivity index (χ0n) is 6.49. The number of hydrogen-bond donors (Lipinski definition) is 1. The molecule has 2 aromatic rings. The van der Waals surface area contributed by atoms with Gasteiger partial charge in [0.15, 0.2) is 0 Å². The SMILES string of the molecule is [B]C#N.c1ccc2[nH]ccc2c1. The third kappa shape index (κ3) is 1.90. The Morgan fingerprint density at radius 1 is 1.25 bits per heavy atom. The molecule has 0 saturated carbocycles. The topological polar surface area (TPSA) is 39.6 Å². The van der Waals surface area contributed by atoms with Crippen LogP contribution in [-0.2, 0) is 0 Å². The fourth-order valence-corrected chi connectivity index (χ4v) is 0.995. The second-order valence-electron chi connectivity index (χ2n) is 2.19. The van der Waals surface area contributed by atoms with E-state index in [4.69, 9.17) is 5.26 Å². The molecule has 0 saturated heterocycles. The van der Waals surface area contributed by atoms with Crippen LogP contribution in [0.3, 0.4) is 0 Å². The van der Waals surface area contributed by atoms with Gasteiger partial charge in [-0.05, 0) is 23.5 Å². The number of nitriles is 1. The van der Waals surface area contributed by atoms with Gasteiger partial charge in [0.05, 0.1) is 0 Å². The summed E-state index contributed by atoms with van der Waals surface area (Å²) in [6, 6.07) is 10.3. The smallest absolute Gasteiger partial charge is 0.229 e. The Kier molecular flexibility index (Phi) is 2.98. The van der Waals surface area contributed by atoms with Gasteiger partial charge in [0, 0.05) is 11.7 Å². The van der Waals surface area contributed by atoms with E-state index in [-0.39, 0.29) is 0 Å². The zero-order valence-corrected chi connectivity index (χ0v) is 6.49. The molecule has 0 atom stereocenters. The highest BCUT2D eigenvalue weighted by atomic mass is 14.6. The van der Waals surface area contributed by atoms with Crippen molar-refractivity contribution in [2.24, 2.45) is 0 Å². The third-order valence-corrected chi connectivity index (χ3v) is 1.46. The van der Waals surface area contributed by atoms with Crippen LogP contribution in [0.5, 0.6) is 0 Å². The molecule has 1 aromatic heterocycles. The Balaban J connectivity index is 0.000000213. The van der Waals surface area contributed by atoms with Crippen LogP contribution in [0.4, 0.5) is 0 Å². The number of aromatic nitrogens is 1. The number of benzene rings is 1. The molecule has 3 heteroatoms. The first-order chi connectivity index (χ1) is 5.88. The lowest BCUT2D eigenvalue weighted by molar-refractivity contribution is 1.48. The van der Waals surface area contributed by atoms with Crippen molar-refractivity contribution in [3.8, 4) is 5.97 Å². The molecule has 56 valence electrons. The van der Waals surface area contributed by atoms with Crippen molar-refractivity contribution in [1.82, 2.24) is 4.98 Å². The Bertz CT molecular complexity index is 356. The number of para-hydroxylation sites is 1. The first-order valence-electron chi connectivity index (χ1n) is 3.50. The van der Waals surface area contributed by atoms with Crippen molar-refractivity contribution in [1.29, 1.82) is 5.26 Å².